The second kappa shape index (κ2) is 8.63. The molecule has 0 amide bonds. The van der Waals surface area contributed by atoms with Gasteiger partial charge in [-0.2, -0.15) is 0 Å². The van der Waals surface area contributed by atoms with Crippen LogP contribution in [-0.2, 0) is 25.5 Å². The molecular formula is C21H23NO4. The van der Waals surface area contributed by atoms with E-state index in [1.165, 1.54) is 7.11 Å². The zero-order valence-corrected chi connectivity index (χ0v) is 15.1. The van der Waals surface area contributed by atoms with Crippen molar-refractivity contribution in [3.63, 3.8) is 0 Å². The van der Waals surface area contributed by atoms with Crippen molar-refractivity contribution in [2.45, 2.75) is 32.0 Å². The molecule has 0 spiro atoms. The summed E-state index contributed by atoms with van der Waals surface area (Å²) in [5, 5.41) is 4.27. The SMILES string of the molecule is CCO[C@H](Cc1cccc(C2=NOC(c3ccccc3)C2)c1)C(=O)OC. The van der Waals surface area contributed by atoms with Gasteiger partial charge in [-0.1, -0.05) is 53.7 Å². The Morgan fingerprint density at radius 3 is 2.77 bits per heavy atom. The number of methoxy groups -OCH3 is 1. The number of esters is 1. The zero-order chi connectivity index (χ0) is 18.4. The van der Waals surface area contributed by atoms with Crippen LogP contribution in [0.5, 0.6) is 0 Å². The third kappa shape index (κ3) is 4.29. The van der Waals surface area contributed by atoms with Crippen LogP contribution < -0.4 is 0 Å². The lowest BCUT2D eigenvalue weighted by Crippen LogP contribution is -2.28. The molecule has 26 heavy (non-hydrogen) atoms. The Hall–Kier alpha value is -2.66. The molecule has 136 valence electrons. The lowest BCUT2D eigenvalue weighted by atomic mass is 9.97. The Balaban J connectivity index is 1.70. The van der Waals surface area contributed by atoms with Crippen LogP contribution in [0.1, 0.15) is 36.1 Å². The van der Waals surface area contributed by atoms with Crippen molar-refractivity contribution in [2.75, 3.05) is 13.7 Å². The number of hydrogen-bond donors (Lipinski definition) is 0. The van der Waals surface area contributed by atoms with Crippen LogP contribution in [0.3, 0.4) is 0 Å². The van der Waals surface area contributed by atoms with Gasteiger partial charge in [-0.05, 0) is 29.7 Å². The van der Waals surface area contributed by atoms with Gasteiger partial charge in [-0.3, -0.25) is 0 Å². The fraction of sp³-hybridized carbons (Fsp3) is 0.333. The fourth-order valence-electron chi connectivity index (χ4n) is 3.03. The molecule has 1 aliphatic rings. The topological polar surface area (TPSA) is 57.1 Å². The van der Waals surface area contributed by atoms with Gasteiger partial charge >= 0.3 is 5.97 Å². The average Bonchev–Trinajstić information content (AvgIpc) is 3.18. The third-order valence-corrected chi connectivity index (χ3v) is 4.35. The molecule has 0 fully saturated rings. The van der Waals surface area contributed by atoms with E-state index in [0.717, 1.165) is 28.8 Å². The summed E-state index contributed by atoms with van der Waals surface area (Å²) in [7, 11) is 1.37. The predicted molar refractivity (Wildman–Crippen MR) is 99.0 cm³/mol. The largest absolute Gasteiger partial charge is 0.467 e. The smallest absolute Gasteiger partial charge is 0.335 e. The lowest BCUT2D eigenvalue weighted by molar-refractivity contribution is -0.153. The van der Waals surface area contributed by atoms with Gasteiger partial charge in [0.05, 0.1) is 12.8 Å². The maximum absolute atomic E-state index is 11.9. The van der Waals surface area contributed by atoms with E-state index < -0.39 is 6.10 Å². The van der Waals surface area contributed by atoms with E-state index in [2.05, 4.69) is 5.16 Å². The molecule has 2 atom stereocenters. The molecule has 2 aromatic carbocycles. The molecule has 0 saturated carbocycles. The second-order valence-electron chi connectivity index (χ2n) is 6.12. The number of oxime groups is 1. The molecule has 2 aromatic rings. The molecular weight excluding hydrogens is 330 g/mol. The summed E-state index contributed by atoms with van der Waals surface area (Å²) in [4.78, 5) is 17.5. The van der Waals surface area contributed by atoms with E-state index in [-0.39, 0.29) is 12.1 Å². The van der Waals surface area contributed by atoms with Gasteiger partial charge in [-0.15, -0.1) is 0 Å². The summed E-state index contributed by atoms with van der Waals surface area (Å²) in [6.07, 6.45) is 0.532. The Morgan fingerprint density at radius 2 is 2.04 bits per heavy atom. The third-order valence-electron chi connectivity index (χ3n) is 4.35. The number of carbonyl (C=O) groups excluding carboxylic acids is 1. The second-order valence-corrected chi connectivity index (χ2v) is 6.12. The summed E-state index contributed by atoms with van der Waals surface area (Å²) in [6.45, 7) is 2.32. The Morgan fingerprint density at radius 1 is 1.23 bits per heavy atom. The van der Waals surface area contributed by atoms with Gasteiger partial charge in [0, 0.05) is 19.4 Å². The van der Waals surface area contributed by atoms with E-state index in [9.17, 15) is 4.79 Å². The maximum atomic E-state index is 11.9. The van der Waals surface area contributed by atoms with Crippen LogP contribution in [0.15, 0.2) is 59.8 Å². The number of hydrogen-bond acceptors (Lipinski definition) is 5. The Labute approximate surface area is 153 Å². The minimum Gasteiger partial charge on any atom is -0.467 e. The van der Waals surface area contributed by atoms with E-state index >= 15 is 0 Å². The molecule has 0 N–H and O–H groups in total. The van der Waals surface area contributed by atoms with E-state index in [1.54, 1.807) is 0 Å². The summed E-state index contributed by atoms with van der Waals surface area (Å²) < 4.78 is 10.3. The van der Waals surface area contributed by atoms with Crippen LogP contribution in [0.25, 0.3) is 0 Å². The summed E-state index contributed by atoms with van der Waals surface area (Å²) in [5.41, 5.74) is 4.02. The van der Waals surface area contributed by atoms with Gasteiger partial charge in [0.2, 0.25) is 0 Å². The van der Waals surface area contributed by atoms with Gasteiger partial charge in [0.25, 0.3) is 0 Å². The summed E-state index contributed by atoms with van der Waals surface area (Å²) in [6, 6.07) is 18.0. The molecule has 1 unspecified atom stereocenters. The first-order valence-corrected chi connectivity index (χ1v) is 8.77. The first-order chi connectivity index (χ1) is 12.7. The van der Waals surface area contributed by atoms with Crippen LogP contribution >= 0.6 is 0 Å². The van der Waals surface area contributed by atoms with Gasteiger partial charge in [-0.25, -0.2) is 4.79 Å². The van der Waals surface area contributed by atoms with E-state index in [4.69, 9.17) is 14.3 Å². The Kier molecular flexibility index (Phi) is 6.02. The average molecular weight is 353 g/mol. The van der Waals surface area contributed by atoms with Gasteiger partial charge < -0.3 is 14.3 Å². The number of nitrogens with zero attached hydrogens (tertiary/aromatic N) is 1. The highest BCUT2D eigenvalue weighted by molar-refractivity contribution is 6.01. The number of ether oxygens (including phenoxy) is 2. The minimum atomic E-state index is -0.598. The van der Waals surface area contributed by atoms with Crippen molar-refractivity contribution in [2.24, 2.45) is 5.16 Å². The van der Waals surface area contributed by atoms with Crippen molar-refractivity contribution >= 4 is 11.7 Å². The first-order valence-electron chi connectivity index (χ1n) is 8.77. The molecule has 5 nitrogen and oxygen atoms in total. The first kappa shape index (κ1) is 18.1. The molecule has 5 heteroatoms. The van der Waals surface area contributed by atoms with Crippen LogP contribution in [0, 0.1) is 0 Å². The van der Waals surface area contributed by atoms with E-state index in [1.807, 2.05) is 61.5 Å². The molecule has 1 heterocycles. The van der Waals surface area contributed by atoms with Crippen molar-refractivity contribution < 1.29 is 19.1 Å². The van der Waals surface area contributed by atoms with Crippen LogP contribution in [-0.4, -0.2) is 31.5 Å². The van der Waals surface area contributed by atoms with Crippen molar-refractivity contribution in [1.29, 1.82) is 0 Å². The van der Waals surface area contributed by atoms with Gasteiger partial charge in [0.15, 0.2) is 12.2 Å². The molecule has 0 radical (unpaired) electrons. The van der Waals surface area contributed by atoms with Crippen LogP contribution in [0.2, 0.25) is 0 Å². The highest BCUT2D eigenvalue weighted by atomic mass is 16.6. The fourth-order valence-corrected chi connectivity index (χ4v) is 3.03. The molecule has 3 rings (SSSR count). The number of benzene rings is 2. The molecule has 0 aromatic heterocycles. The Bertz CT molecular complexity index is 773. The maximum Gasteiger partial charge on any atom is 0.335 e. The molecule has 0 aliphatic carbocycles. The molecule has 1 aliphatic heterocycles. The zero-order valence-electron chi connectivity index (χ0n) is 15.1. The highest BCUT2D eigenvalue weighted by Gasteiger charge is 2.24. The standard InChI is InChI=1S/C21H23NO4/c1-3-25-20(21(23)24-2)13-15-8-7-11-17(12-15)18-14-19(26-22-18)16-9-5-4-6-10-16/h4-12,19-20H,3,13-14H2,1-2H3/t19?,20-/m1/s1. The number of rotatable bonds is 7. The van der Waals surface area contributed by atoms with Crippen molar-refractivity contribution in [3.05, 3.63) is 71.3 Å². The minimum absolute atomic E-state index is 0.0545. The van der Waals surface area contributed by atoms with Crippen LogP contribution in [0.4, 0.5) is 0 Å². The van der Waals surface area contributed by atoms with Gasteiger partial charge in [0.1, 0.15) is 0 Å². The molecule has 0 bridgehead atoms. The van der Waals surface area contributed by atoms with Crippen molar-refractivity contribution in [1.82, 2.24) is 0 Å². The predicted octanol–water partition coefficient (Wildman–Crippen LogP) is 3.67. The normalized spacial score (nSPS) is 17.3. The highest BCUT2D eigenvalue weighted by Crippen LogP contribution is 2.29. The number of carbonyl (C=O) groups is 1. The quantitative estimate of drug-likeness (QED) is 0.713. The summed E-state index contributed by atoms with van der Waals surface area (Å²) >= 11 is 0. The van der Waals surface area contributed by atoms with E-state index in [0.29, 0.717) is 13.0 Å². The summed E-state index contributed by atoms with van der Waals surface area (Å²) in [5.74, 6) is -0.358. The monoisotopic (exact) mass is 353 g/mol. The van der Waals surface area contributed by atoms with Crippen molar-refractivity contribution in [3.8, 4) is 0 Å². The molecule has 0 saturated heterocycles. The lowest BCUT2D eigenvalue weighted by Gasteiger charge is -2.15.